The van der Waals surface area contributed by atoms with Gasteiger partial charge in [0.2, 0.25) is 0 Å². The highest BCUT2D eigenvalue weighted by atomic mass is 15.3. The van der Waals surface area contributed by atoms with Crippen molar-refractivity contribution in [3.63, 3.8) is 0 Å². The van der Waals surface area contributed by atoms with E-state index in [-0.39, 0.29) is 5.84 Å². The Labute approximate surface area is 77.2 Å². The summed E-state index contributed by atoms with van der Waals surface area (Å²) >= 11 is 0. The molecule has 1 aliphatic carbocycles. The van der Waals surface area contributed by atoms with E-state index in [1.54, 1.807) is 0 Å². The molecule has 0 atom stereocenters. The van der Waals surface area contributed by atoms with Crippen LogP contribution in [0.15, 0.2) is 6.20 Å². The number of nitrogens with zero attached hydrogens (tertiary/aromatic N) is 2. The van der Waals surface area contributed by atoms with E-state index in [9.17, 15) is 0 Å². The number of aromatic nitrogens is 2. The summed E-state index contributed by atoms with van der Waals surface area (Å²) in [7, 11) is 1.96. The lowest BCUT2D eigenvalue weighted by Crippen LogP contribution is -2.13. The molecule has 3 N–H and O–H groups in total. The molecular formula is C9H14N4. The fourth-order valence-electron chi connectivity index (χ4n) is 1.72. The summed E-state index contributed by atoms with van der Waals surface area (Å²) in [6.45, 7) is 0. The molecule has 13 heavy (non-hydrogen) atoms. The van der Waals surface area contributed by atoms with Crippen molar-refractivity contribution in [1.29, 1.82) is 5.41 Å². The van der Waals surface area contributed by atoms with Crippen LogP contribution in [0.4, 0.5) is 0 Å². The zero-order valence-electron chi connectivity index (χ0n) is 7.75. The number of rotatable bonds is 3. The van der Waals surface area contributed by atoms with Crippen LogP contribution in [-0.2, 0) is 13.5 Å². The van der Waals surface area contributed by atoms with Crippen molar-refractivity contribution >= 4 is 5.84 Å². The molecule has 0 unspecified atom stereocenters. The quantitative estimate of drug-likeness (QED) is 0.530. The van der Waals surface area contributed by atoms with E-state index in [2.05, 4.69) is 5.10 Å². The predicted molar refractivity (Wildman–Crippen MR) is 50.8 cm³/mol. The van der Waals surface area contributed by atoms with E-state index < -0.39 is 0 Å². The lowest BCUT2D eigenvalue weighted by Gasteiger charge is -2.02. The third kappa shape index (κ3) is 1.56. The third-order valence-corrected chi connectivity index (χ3v) is 2.41. The second-order valence-corrected chi connectivity index (χ2v) is 3.65. The summed E-state index contributed by atoms with van der Waals surface area (Å²) in [5, 5.41) is 11.4. The van der Waals surface area contributed by atoms with Gasteiger partial charge in [0.1, 0.15) is 0 Å². The summed E-state index contributed by atoms with van der Waals surface area (Å²) in [6, 6.07) is 0. The normalized spacial score (nSPS) is 16.1. The Morgan fingerprint density at radius 3 is 3.00 bits per heavy atom. The molecule has 70 valence electrons. The Hall–Kier alpha value is -1.32. The highest BCUT2D eigenvalue weighted by Crippen LogP contribution is 2.41. The van der Waals surface area contributed by atoms with Gasteiger partial charge < -0.3 is 5.73 Å². The largest absolute Gasteiger partial charge is 0.387 e. The molecule has 0 spiro atoms. The second kappa shape index (κ2) is 2.87. The maximum atomic E-state index is 7.24. The van der Waals surface area contributed by atoms with Crippen molar-refractivity contribution in [1.82, 2.24) is 9.78 Å². The van der Waals surface area contributed by atoms with E-state index in [1.807, 2.05) is 17.9 Å². The van der Waals surface area contributed by atoms with Crippen LogP contribution in [0.1, 0.15) is 30.0 Å². The summed E-state index contributed by atoms with van der Waals surface area (Å²) in [5.74, 6) is 0.886. The molecule has 0 aromatic carbocycles. The van der Waals surface area contributed by atoms with Gasteiger partial charge in [0.15, 0.2) is 0 Å². The first-order chi connectivity index (χ1) is 6.18. The molecule has 0 aliphatic heterocycles. The molecule has 0 bridgehead atoms. The maximum Gasteiger partial charge on any atom is 0.0951 e. The molecule has 0 radical (unpaired) electrons. The van der Waals surface area contributed by atoms with Crippen LogP contribution in [0.3, 0.4) is 0 Å². The van der Waals surface area contributed by atoms with Crippen molar-refractivity contribution in [2.45, 2.75) is 25.2 Å². The van der Waals surface area contributed by atoms with Gasteiger partial charge in [-0.05, 0) is 12.8 Å². The average Bonchev–Trinajstić information content (AvgIpc) is 2.79. The summed E-state index contributed by atoms with van der Waals surface area (Å²) in [5.41, 5.74) is 7.77. The molecular weight excluding hydrogens is 164 g/mol. The molecule has 1 aromatic heterocycles. The van der Waals surface area contributed by atoms with Crippen LogP contribution < -0.4 is 5.73 Å². The van der Waals surface area contributed by atoms with Gasteiger partial charge in [0, 0.05) is 30.6 Å². The highest BCUT2D eigenvalue weighted by molar-refractivity contribution is 5.79. The van der Waals surface area contributed by atoms with E-state index in [0.29, 0.717) is 12.3 Å². The lowest BCUT2D eigenvalue weighted by atomic mass is 10.1. The van der Waals surface area contributed by atoms with Gasteiger partial charge in [-0.2, -0.15) is 5.10 Å². The summed E-state index contributed by atoms with van der Waals surface area (Å²) < 4.78 is 1.91. The van der Waals surface area contributed by atoms with Crippen LogP contribution in [-0.4, -0.2) is 15.6 Å². The van der Waals surface area contributed by atoms with Crippen molar-refractivity contribution < 1.29 is 0 Å². The summed E-state index contributed by atoms with van der Waals surface area (Å²) in [6.07, 6.45) is 4.88. The maximum absolute atomic E-state index is 7.24. The van der Waals surface area contributed by atoms with Crippen LogP contribution in [0.2, 0.25) is 0 Å². The Morgan fingerprint density at radius 2 is 2.46 bits per heavy atom. The topological polar surface area (TPSA) is 67.7 Å². The predicted octanol–water partition coefficient (Wildman–Crippen LogP) is 0.776. The van der Waals surface area contributed by atoms with E-state index in [0.717, 1.165) is 5.56 Å². The fourth-order valence-corrected chi connectivity index (χ4v) is 1.72. The smallest absolute Gasteiger partial charge is 0.0951 e. The Bertz CT molecular complexity index is 335. The number of amidine groups is 1. The first-order valence-electron chi connectivity index (χ1n) is 4.52. The first-order valence-corrected chi connectivity index (χ1v) is 4.52. The van der Waals surface area contributed by atoms with E-state index >= 15 is 0 Å². The van der Waals surface area contributed by atoms with Crippen molar-refractivity contribution in [3.8, 4) is 0 Å². The van der Waals surface area contributed by atoms with Gasteiger partial charge in [-0.1, -0.05) is 0 Å². The molecule has 0 amide bonds. The number of nitrogens with one attached hydrogen (secondary N) is 1. The highest BCUT2D eigenvalue weighted by Gasteiger charge is 2.29. The SMILES string of the molecule is Cn1ncc(CC(=N)N)c1C1CC1. The second-order valence-electron chi connectivity index (χ2n) is 3.65. The van der Waals surface area contributed by atoms with E-state index in [1.165, 1.54) is 18.5 Å². The summed E-state index contributed by atoms with van der Waals surface area (Å²) in [4.78, 5) is 0. The zero-order valence-corrected chi connectivity index (χ0v) is 7.75. The molecule has 1 fully saturated rings. The lowest BCUT2D eigenvalue weighted by molar-refractivity contribution is 0.711. The van der Waals surface area contributed by atoms with Gasteiger partial charge >= 0.3 is 0 Å². The van der Waals surface area contributed by atoms with E-state index in [4.69, 9.17) is 11.1 Å². The van der Waals surface area contributed by atoms with Crippen LogP contribution >= 0.6 is 0 Å². The van der Waals surface area contributed by atoms with Crippen molar-refractivity contribution in [2.24, 2.45) is 12.8 Å². The molecule has 4 heteroatoms. The average molecular weight is 178 g/mol. The Morgan fingerprint density at radius 1 is 1.77 bits per heavy atom. The van der Waals surface area contributed by atoms with Crippen LogP contribution in [0.25, 0.3) is 0 Å². The monoisotopic (exact) mass is 178 g/mol. The number of aryl methyl sites for hydroxylation is 1. The van der Waals surface area contributed by atoms with Crippen LogP contribution in [0, 0.1) is 5.41 Å². The minimum atomic E-state index is 0.218. The first kappa shape index (κ1) is 8.29. The van der Waals surface area contributed by atoms with Gasteiger partial charge in [-0.3, -0.25) is 10.1 Å². The number of hydrogen-bond acceptors (Lipinski definition) is 2. The number of hydrogen-bond donors (Lipinski definition) is 2. The standard InChI is InChI=1S/C9H14N4/c1-13-9(6-2-3-6)7(5-12-13)4-8(10)11/h5-6H,2-4H2,1H3,(H3,10,11). The fraction of sp³-hybridized carbons (Fsp3) is 0.556. The minimum Gasteiger partial charge on any atom is -0.387 e. The Kier molecular flexibility index (Phi) is 1.83. The third-order valence-electron chi connectivity index (χ3n) is 2.41. The van der Waals surface area contributed by atoms with Crippen LogP contribution in [0.5, 0.6) is 0 Å². The molecule has 1 aromatic rings. The van der Waals surface area contributed by atoms with Crippen molar-refractivity contribution in [2.75, 3.05) is 0 Å². The van der Waals surface area contributed by atoms with Crippen molar-refractivity contribution in [3.05, 3.63) is 17.5 Å². The molecule has 1 aliphatic rings. The molecule has 1 saturated carbocycles. The number of nitrogens with two attached hydrogens (primary N) is 1. The molecule has 0 saturated heterocycles. The molecule has 1 heterocycles. The zero-order chi connectivity index (χ0) is 9.42. The molecule has 4 nitrogen and oxygen atoms in total. The van der Waals surface area contributed by atoms with Gasteiger partial charge in [-0.25, -0.2) is 0 Å². The van der Waals surface area contributed by atoms with Gasteiger partial charge in [-0.15, -0.1) is 0 Å². The van der Waals surface area contributed by atoms with Gasteiger partial charge in [0.25, 0.3) is 0 Å². The van der Waals surface area contributed by atoms with Gasteiger partial charge in [0.05, 0.1) is 12.0 Å². The Balaban J connectivity index is 2.28. The minimum absolute atomic E-state index is 0.218. The molecule has 2 rings (SSSR count).